The highest BCUT2D eigenvalue weighted by Crippen LogP contribution is 2.30. The molecule has 0 N–H and O–H groups in total. The Balaban J connectivity index is 1.98. The maximum atomic E-state index is 14.5. The number of ether oxygens (including phenoxy) is 1. The van der Waals surface area contributed by atoms with E-state index in [9.17, 15) is 26.3 Å². The summed E-state index contributed by atoms with van der Waals surface area (Å²) in [4.78, 5) is 0. The van der Waals surface area contributed by atoms with Crippen LogP contribution in [0.15, 0.2) is 36.4 Å². The molecule has 2 nitrogen and oxygen atoms in total. The van der Waals surface area contributed by atoms with Crippen molar-refractivity contribution in [2.45, 2.75) is 13.3 Å². The second kappa shape index (κ2) is 9.49. The van der Waals surface area contributed by atoms with E-state index in [0.717, 1.165) is 24.3 Å². The third-order valence-corrected chi connectivity index (χ3v) is 4.31. The first-order valence-corrected chi connectivity index (χ1v) is 9.27. The number of nitrogens with zero attached hydrogens (tertiary/aromatic N) is 1. The predicted octanol–water partition coefficient (Wildman–Crippen LogP) is 6.25. The summed E-state index contributed by atoms with van der Waals surface area (Å²) in [6.07, 6.45) is 0.639. The molecule has 0 unspecified atom stereocenters. The van der Waals surface area contributed by atoms with Crippen LogP contribution in [0.3, 0.4) is 0 Å². The molecule has 0 aromatic heterocycles. The summed E-state index contributed by atoms with van der Waals surface area (Å²) < 4.78 is 90.1. The number of nitriles is 1. The fourth-order valence-corrected chi connectivity index (χ4v) is 2.85. The molecule has 0 aliphatic carbocycles. The first-order valence-electron chi connectivity index (χ1n) is 9.27. The lowest BCUT2D eigenvalue weighted by atomic mass is 10.00. The highest BCUT2D eigenvalue weighted by Gasteiger charge is 2.18. The Morgan fingerprint density at radius 1 is 0.719 bits per heavy atom. The van der Waals surface area contributed by atoms with Gasteiger partial charge in [0.2, 0.25) is 0 Å². The molecule has 0 saturated carbocycles. The first-order chi connectivity index (χ1) is 15.2. The average molecular weight is 445 g/mol. The highest BCUT2D eigenvalue weighted by molar-refractivity contribution is 5.67. The Bertz CT molecular complexity index is 1230. The molecule has 0 bridgehead atoms. The first kappa shape index (κ1) is 22.8. The molecule has 0 spiro atoms. The summed E-state index contributed by atoms with van der Waals surface area (Å²) in [7, 11) is 0. The van der Waals surface area contributed by atoms with Crippen LogP contribution in [0, 0.1) is 58.1 Å². The lowest BCUT2D eigenvalue weighted by molar-refractivity contribution is 0.313. The molecule has 32 heavy (non-hydrogen) atoms. The molecule has 0 saturated heterocycles. The van der Waals surface area contributed by atoms with E-state index in [4.69, 9.17) is 10.00 Å². The maximum absolute atomic E-state index is 14.5. The van der Waals surface area contributed by atoms with E-state index in [1.165, 1.54) is 6.07 Å². The third-order valence-electron chi connectivity index (χ3n) is 4.31. The van der Waals surface area contributed by atoms with Crippen LogP contribution in [0.4, 0.5) is 26.3 Å². The van der Waals surface area contributed by atoms with Crippen molar-refractivity contribution in [1.29, 1.82) is 5.26 Å². The second-order valence-corrected chi connectivity index (χ2v) is 6.60. The molecule has 0 fully saturated rings. The molecule has 3 aromatic rings. The Kier molecular flexibility index (Phi) is 6.75. The van der Waals surface area contributed by atoms with Crippen LogP contribution in [0.5, 0.6) is 5.75 Å². The average Bonchev–Trinajstić information content (AvgIpc) is 2.71. The Hall–Kier alpha value is -3.91. The summed E-state index contributed by atoms with van der Waals surface area (Å²) in [6.45, 7) is 2.09. The summed E-state index contributed by atoms with van der Waals surface area (Å²) >= 11 is 0. The number of benzene rings is 3. The van der Waals surface area contributed by atoms with Gasteiger partial charge in [-0.2, -0.15) is 5.26 Å². The number of hydrogen-bond donors (Lipinski definition) is 0. The molecule has 0 aliphatic rings. The van der Waals surface area contributed by atoms with Gasteiger partial charge >= 0.3 is 0 Å². The van der Waals surface area contributed by atoms with Gasteiger partial charge in [-0.25, -0.2) is 26.3 Å². The molecule has 0 aliphatic heterocycles. The van der Waals surface area contributed by atoms with Crippen molar-refractivity contribution in [2.75, 3.05) is 6.61 Å². The zero-order valence-corrected chi connectivity index (χ0v) is 16.5. The molecule has 8 heteroatoms. The molecule has 0 heterocycles. The highest BCUT2D eigenvalue weighted by atomic mass is 19.2. The zero-order chi connectivity index (χ0) is 23.4. The van der Waals surface area contributed by atoms with Crippen molar-refractivity contribution in [1.82, 2.24) is 0 Å². The maximum Gasteiger partial charge on any atom is 0.145 e. The van der Waals surface area contributed by atoms with E-state index in [2.05, 4.69) is 11.8 Å². The van der Waals surface area contributed by atoms with Crippen LogP contribution in [0.1, 0.15) is 30.0 Å². The van der Waals surface area contributed by atoms with Gasteiger partial charge in [0.15, 0.2) is 0 Å². The lowest BCUT2D eigenvalue weighted by Gasteiger charge is -2.08. The van der Waals surface area contributed by atoms with Gasteiger partial charge in [0.25, 0.3) is 0 Å². The van der Waals surface area contributed by atoms with Crippen molar-refractivity contribution in [3.8, 4) is 34.8 Å². The van der Waals surface area contributed by atoms with Crippen molar-refractivity contribution >= 4 is 0 Å². The molecule has 162 valence electrons. The van der Waals surface area contributed by atoms with Crippen molar-refractivity contribution in [2.24, 2.45) is 0 Å². The molecule has 0 radical (unpaired) electrons. The fraction of sp³-hybridized carbons (Fsp3) is 0.125. The van der Waals surface area contributed by atoms with Gasteiger partial charge in [-0.3, -0.25) is 0 Å². The molecule has 3 rings (SSSR count). The van der Waals surface area contributed by atoms with Crippen LogP contribution < -0.4 is 4.74 Å². The predicted molar refractivity (Wildman–Crippen MR) is 105 cm³/mol. The summed E-state index contributed by atoms with van der Waals surface area (Å²) in [5, 5.41) is 8.70. The summed E-state index contributed by atoms with van der Waals surface area (Å²) in [6, 6.07) is 5.97. The van der Waals surface area contributed by atoms with Gasteiger partial charge < -0.3 is 4.74 Å². The minimum absolute atomic E-state index is 0.0178. The van der Waals surface area contributed by atoms with Crippen LogP contribution in [0.2, 0.25) is 0 Å². The normalized spacial score (nSPS) is 10.3. The monoisotopic (exact) mass is 445 g/mol. The smallest absolute Gasteiger partial charge is 0.145 e. The summed E-state index contributed by atoms with van der Waals surface area (Å²) in [5.74, 6) is -2.55. The van der Waals surface area contributed by atoms with Crippen LogP contribution >= 0.6 is 0 Å². The molecular weight excluding hydrogens is 432 g/mol. The van der Waals surface area contributed by atoms with Gasteiger partial charge in [-0.15, -0.1) is 0 Å². The Labute approximate surface area is 179 Å². The van der Waals surface area contributed by atoms with Crippen LogP contribution in [-0.4, -0.2) is 6.61 Å². The van der Waals surface area contributed by atoms with Crippen LogP contribution in [0.25, 0.3) is 11.1 Å². The second-order valence-electron chi connectivity index (χ2n) is 6.60. The standard InChI is InChI=1S/C24H13F6NO/c1-2-5-32-15-10-20(27)16(21(28)11-15)4-3-13-6-22(29)24(23(30)7-13)14-8-18(25)17(12-31)19(26)9-14/h6-11H,2,5H2,1H3. The van der Waals surface area contributed by atoms with E-state index in [1.54, 1.807) is 0 Å². The SMILES string of the molecule is CCCOc1cc(F)c(C#Cc2cc(F)c(-c3cc(F)c(C#N)c(F)c3)c(F)c2)c(F)c1. The minimum atomic E-state index is -1.28. The topological polar surface area (TPSA) is 33.0 Å². The molecular formula is C24H13F6NO. The van der Waals surface area contributed by atoms with Crippen molar-refractivity contribution in [3.05, 3.63) is 88.0 Å². The Morgan fingerprint density at radius 2 is 1.25 bits per heavy atom. The van der Waals surface area contributed by atoms with Crippen LogP contribution in [-0.2, 0) is 0 Å². The third kappa shape index (κ3) is 4.70. The van der Waals surface area contributed by atoms with Crippen molar-refractivity contribution < 1.29 is 31.1 Å². The Morgan fingerprint density at radius 3 is 1.75 bits per heavy atom. The number of hydrogen-bond acceptors (Lipinski definition) is 2. The molecule has 3 aromatic carbocycles. The summed E-state index contributed by atoms with van der Waals surface area (Å²) in [5.41, 5.74) is -2.97. The van der Waals surface area contributed by atoms with Gasteiger partial charge in [0.05, 0.1) is 17.7 Å². The number of halogens is 6. The number of rotatable bonds is 4. The quantitative estimate of drug-likeness (QED) is 0.351. The molecule has 0 atom stereocenters. The van der Waals surface area contributed by atoms with Gasteiger partial charge in [0.1, 0.15) is 52.3 Å². The van der Waals surface area contributed by atoms with E-state index in [-0.39, 0.29) is 17.9 Å². The van der Waals surface area contributed by atoms with E-state index in [0.29, 0.717) is 18.6 Å². The van der Waals surface area contributed by atoms with E-state index in [1.807, 2.05) is 6.92 Å². The molecule has 0 amide bonds. The van der Waals surface area contributed by atoms with E-state index < -0.39 is 57.2 Å². The van der Waals surface area contributed by atoms with E-state index >= 15 is 0 Å². The fourth-order valence-electron chi connectivity index (χ4n) is 2.85. The zero-order valence-electron chi connectivity index (χ0n) is 16.5. The lowest BCUT2D eigenvalue weighted by Crippen LogP contribution is -1.99. The van der Waals surface area contributed by atoms with Crippen molar-refractivity contribution in [3.63, 3.8) is 0 Å². The minimum Gasteiger partial charge on any atom is -0.493 e. The van der Waals surface area contributed by atoms with Gasteiger partial charge in [-0.05, 0) is 36.2 Å². The largest absolute Gasteiger partial charge is 0.493 e. The van der Waals surface area contributed by atoms with Gasteiger partial charge in [0, 0.05) is 17.7 Å². The van der Waals surface area contributed by atoms with Gasteiger partial charge in [-0.1, -0.05) is 18.8 Å².